The van der Waals surface area contributed by atoms with Gasteiger partial charge in [-0.05, 0) is 48.2 Å². The van der Waals surface area contributed by atoms with E-state index in [9.17, 15) is 13.2 Å². The number of carbonyl (C=O) groups excluding carboxylic acids is 1. The Morgan fingerprint density at radius 3 is 2.38 bits per heavy atom. The van der Waals surface area contributed by atoms with Crippen molar-refractivity contribution in [1.82, 2.24) is 9.62 Å². The zero-order valence-corrected chi connectivity index (χ0v) is 19.9. The third kappa shape index (κ3) is 4.39. The summed E-state index contributed by atoms with van der Waals surface area (Å²) < 4.78 is 43.4. The van der Waals surface area contributed by atoms with Crippen molar-refractivity contribution in [2.45, 2.75) is 49.0 Å². The van der Waals surface area contributed by atoms with Crippen LogP contribution in [-0.4, -0.2) is 51.7 Å². The highest BCUT2D eigenvalue weighted by Gasteiger charge is 2.41. The molecule has 0 atom stereocenters. The molecule has 1 amide bonds. The summed E-state index contributed by atoms with van der Waals surface area (Å²) in [6.07, 6.45) is 4.69. The average Bonchev–Trinajstić information content (AvgIpc) is 3.36. The molecule has 1 N–H and O–H groups in total. The minimum Gasteiger partial charge on any atom is -0.454 e. The second-order valence-electron chi connectivity index (χ2n) is 9.05. The number of amides is 1. The van der Waals surface area contributed by atoms with E-state index >= 15 is 0 Å². The maximum absolute atomic E-state index is 13.5. The monoisotopic (exact) mass is 486 g/mol. The average molecular weight is 487 g/mol. The largest absolute Gasteiger partial charge is 0.454 e. The molecule has 5 rings (SSSR count). The number of ether oxygens (including phenoxy) is 3. The van der Waals surface area contributed by atoms with Crippen molar-refractivity contribution in [1.29, 1.82) is 0 Å². The third-order valence-corrected chi connectivity index (χ3v) is 8.96. The van der Waals surface area contributed by atoms with Gasteiger partial charge in [-0.1, -0.05) is 37.5 Å². The van der Waals surface area contributed by atoms with E-state index in [1.165, 1.54) is 4.31 Å². The van der Waals surface area contributed by atoms with Crippen molar-refractivity contribution in [2.75, 3.05) is 33.1 Å². The molecule has 2 aliphatic heterocycles. The molecule has 1 saturated heterocycles. The van der Waals surface area contributed by atoms with Crippen LogP contribution in [0.3, 0.4) is 0 Å². The Balaban J connectivity index is 1.29. The van der Waals surface area contributed by atoms with Crippen molar-refractivity contribution in [3.63, 3.8) is 0 Å². The predicted octanol–water partition coefficient (Wildman–Crippen LogP) is 2.95. The highest BCUT2D eigenvalue weighted by atomic mass is 32.2. The molecule has 0 bridgehead atoms. The first kappa shape index (κ1) is 23.1. The molecule has 182 valence electrons. The number of benzene rings is 2. The van der Waals surface area contributed by atoms with Crippen LogP contribution in [-0.2, 0) is 31.5 Å². The number of carbonyl (C=O) groups is 1. The molecule has 2 aromatic carbocycles. The molecule has 2 heterocycles. The van der Waals surface area contributed by atoms with Crippen LogP contribution in [0.25, 0.3) is 0 Å². The molecule has 0 unspecified atom stereocenters. The zero-order chi connectivity index (χ0) is 23.6. The molecule has 8 nitrogen and oxygen atoms in total. The fraction of sp³-hybridized carbons (Fsp3) is 0.480. The van der Waals surface area contributed by atoms with E-state index in [1.54, 1.807) is 24.3 Å². The summed E-state index contributed by atoms with van der Waals surface area (Å²) >= 11 is 0. The second-order valence-corrected chi connectivity index (χ2v) is 11.0. The van der Waals surface area contributed by atoms with Crippen molar-refractivity contribution in [2.24, 2.45) is 0 Å². The first-order valence-electron chi connectivity index (χ1n) is 11.8. The van der Waals surface area contributed by atoms with Crippen LogP contribution < -0.4 is 14.8 Å². The lowest BCUT2D eigenvalue weighted by Gasteiger charge is -2.36. The second kappa shape index (κ2) is 9.56. The van der Waals surface area contributed by atoms with Crippen LogP contribution in [0.15, 0.2) is 47.4 Å². The van der Waals surface area contributed by atoms with Gasteiger partial charge in [0.15, 0.2) is 11.5 Å². The maximum Gasteiger partial charge on any atom is 0.243 e. The number of rotatable bonds is 6. The normalized spacial score (nSPS) is 20.1. The third-order valence-electron chi connectivity index (χ3n) is 7.05. The number of hydrogen-bond acceptors (Lipinski definition) is 6. The minimum absolute atomic E-state index is 0.00363. The molecule has 0 aromatic heterocycles. The van der Waals surface area contributed by atoms with Gasteiger partial charge in [-0.15, -0.1) is 0 Å². The van der Waals surface area contributed by atoms with Crippen LogP contribution >= 0.6 is 0 Å². The Hall–Kier alpha value is -2.62. The van der Waals surface area contributed by atoms with Crippen LogP contribution in [0.2, 0.25) is 0 Å². The number of sulfonamides is 1. The van der Waals surface area contributed by atoms with Crippen LogP contribution in [0.4, 0.5) is 0 Å². The molecule has 2 aromatic rings. The summed E-state index contributed by atoms with van der Waals surface area (Å²) in [6.45, 7) is 2.09. The summed E-state index contributed by atoms with van der Waals surface area (Å²) in [7, 11) is -3.53. The smallest absolute Gasteiger partial charge is 0.243 e. The molecule has 0 radical (unpaired) electrons. The van der Waals surface area contributed by atoms with E-state index in [0.29, 0.717) is 44.3 Å². The standard InChI is InChI=1S/C25H30N2O6S/c28-24(25(10-2-1-3-11-25)20-6-9-22-23(16-20)33-18-32-22)26-17-19-4-7-21(8-5-19)34(29,30)27-12-14-31-15-13-27/h4-9,16H,1-3,10-15,17-18H2,(H,26,28). The summed E-state index contributed by atoms with van der Waals surface area (Å²) in [5.41, 5.74) is 1.21. The van der Waals surface area contributed by atoms with Gasteiger partial charge in [-0.2, -0.15) is 4.31 Å². The lowest BCUT2D eigenvalue weighted by molar-refractivity contribution is -0.128. The van der Waals surface area contributed by atoms with Gasteiger partial charge in [0.05, 0.1) is 23.5 Å². The summed E-state index contributed by atoms with van der Waals surface area (Å²) in [5.74, 6) is 1.39. The van der Waals surface area contributed by atoms with Gasteiger partial charge in [0, 0.05) is 19.6 Å². The van der Waals surface area contributed by atoms with E-state index in [4.69, 9.17) is 14.2 Å². The van der Waals surface area contributed by atoms with Crippen LogP contribution in [0.5, 0.6) is 11.5 Å². The molecular formula is C25H30N2O6S. The first-order valence-corrected chi connectivity index (χ1v) is 13.3. The quantitative estimate of drug-likeness (QED) is 0.675. The van der Waals surface area contributed by atoms with Gasteiger partial charge >= 0.3 is 0 Å². The Morgan fingerprint density at radius 1 is 0.941 bits per heavy atom. The number of nitrogens with one attached hydrogen (secondary N) is 1. The van der Waals surface area contributed by atoms with E-state index in [0.717, 1.165) is 43.2 Å². The zero-order valence-electron chi connectivity index (χ0n) is 19.1. The highest BCUT2D eigenvalue weighted by molar-refractivity contribution is 7.89. The number of nitrogens with zero attached hydrogens (tertiary/aromatic N) is 1. The molecule has 1 aliphatic carbocycles. The Kier molecular flexibility index (Phi) is 6.50. The van der Waals surface area contributed by atoms with Gasteiger partial charge in [0.1, 0.15) is 0 Å². The van der Waals surface area contributed by atoms with Crippen molar-refractivity contribution in [3.05, 3.63) is 53.6 Å². The van der Waals surface area contributed by atoms with E-state index in [1.807, 2.05) is 18.2 Å². The van der Waals surface area contributed by atoms with Gasteiger partial charge in [0.2, 0.25) is 22.7 Å². The van der Waals surface area contributed by atoms with Gasteiger partial charge in [0.25, 0.3) is 0 Å². The van der Waals surface area contributed by atoms with Crippen molar-refractivity contribution in [3.8, 4) is 11.5 Å². The van der Waals surface area contributed by atoms with E-state index < -0.39 is 15.4 Å². The Labute approximate surface area is 200 Å². The number of morpholine rings is 1. The number of fused-ring (bicyclic) bond motifs is 1. The molecule has 2 fully saturated rings. The first-order chi connectivity index (χ1) is 16.5. The Bertz CT molecular complexity index is 1140. The summed E-state index contributed by atoms with van der Waals surface area (Å²) in [4.78, 5) is 13.8. The molecule has 34 heavy (non-hydrogen) atoms. The van der Waals surface area contributed by atoms with Gasteiger partial charge in [-0.25, -0.2) is 8.42 Å². The molecular weight excluding hydrogens is 456 g/mol. The molecule has 1 saturated carbocycles. The topological polar surface area (TPSA) is 94.2 Å². The summed E-state index contributed by atoms with van der Waals surface area (Å²) in [6, 6.07) is 12.6. The highest BCUT2D eigenvalue weighted by Crippen LogP contribution is 2.43. The molecule has 0 spiro atoms. The fourth-order valence-electron chi connectivity index (χ4n) is 5.06. The predicted molar refractivity (Wildman–Crippen MR) is 125 cm³/mol. The van der Waals surface area contributed by atoms with Crippen molar-refractivity contribution < 1.29 is 27.4 Å². The fourth-order valence-corrected chi connectivity index (χ4v) is 6.47. The van der Waals surface area contributed by atoms with Gasteiger partial charge < -0.3 is 19.5 Å². The van der Waals surface area contributed by atoms with Gasteiger partial charge in [-0.3, -0.25) is 4.79 Å². The lowest BCUT2D eigenvalue weighted by Crippen LogP contribution is -2.45. The SMILES string of the molecule is O=C(NCc1ccc(S(=O)(=O)N2CCOCC2)cc1)C1(c2ccc3c(c2)OCO3)CCCCC1. The number of hydrogen-bond donors (Lipinski definition) is 1. The molecule has 3 aliphatic rings. The minimum atomic E-state index is -3.53. The maximum atomic E-state index is 13.5. The van der Waals surface area contributed by atoms with Crippen LogP contribution in [0, 0.1) is 0 Å². The Morgan fingerprint density at radius 2 is 1.65 bits per heavy atom. The molecule has 9 heteroatoms. The van der Waals surface area contributed by atoms with Crippen molar-refractivity contribution >= 4 is 15.9 Å². The van der Waals surface area contributed by atoms with E-state index in [2.05, 4.69) is 5.32 Å². The van der Waals surface area contributed by atoms with Crippen LogP contribution in [0.1, 0.15) is 43.2 Å². The summed E-state index contributed by atoms with van der Waals surface area (Å²) in [5, 5.41) is 3.11. The van der Waals surface area contributed by atoms with E-state index in [-0.39, 0.29) is 17.6 Å². The lowest BCUT2D eigenvalue weighted by atomic mass is 9.68.